The van der Waals surface area contributed by atoms with Crippen molar-refractivity contribution in [3.8, 4) is 5.69 Å². The second-order valence-electron chi connectivity index (χ2n) is 5.33. The van der Waals surface area contributed by atoms with E-state index >= 15 is 0 Å². The van der Waals surface area contributed by atoms with Crippen LogP contribution in [0.25, 0.3) is 5.69 Å². The summed E-state index contributed by atoms with van der Waals surface area (Å²) in [5.74, 6) is -3.50. The average Bonchev–Trinajstić information content (AvgIpc) is 2.88. The van der Waals surface area contributed by atoms with Gasteiger partial charge in [0.25, 0.3) is 5.91 Å². The summed E-state index contributed by atoms with van der Waals surface area (Å²) >= 11 is 0. The molecule has 1 amide bonds. The highest BCUT2D eigenvalue weighted by Gasteiger charge is 2.23. The van der Waals surface area contributed by atoms with Crippen LogP contribution in [0.2, 0.25) is 0 Å². The van der Waals surface area contributed by atoms with Gasteiger partial charge in [-0.3, -0.25) is 4.79 Å². The van der Waals surface area contributed by atoms with E-state index in [1.807, 2.05) is 0 Å². The Morgan fingerprint density at radius 3 is 2.50 bits per heavy atom. The zero-order valence-corrected chi connectivity index (χ0v) is 13.2. The molecule has 24 heavy (non-hydrogen) atoms. The first-order chi connectivity index (χ1) is 11.3. The van der Waals surface area contributed by atoms with Gasteiger partial charge < -0.3 is 10.4 Å². The Morgan fingerprint density at radius 2 is 1.96 bits per heavy atom. The van der Waals surface area contributed by atoms with Gasteiger partial charge >= 0.3 is 5.97 Å². The molecule has 6 nitrogen and oxygen atoms in total. The largest absolute Gasteiger partial charge is 0.480 e. The van der Waals surface area contributed by atoms with Crippen molar-refractivity contribution < 1.29 is 23.5 Å². The lowest BCUT2D eigenvalue weighted by Gasteiger charge is -2.12. The van der Waals surface area contributed by atoms with E-state index in [-0.39, 0.29) is 12.1 Å². The molecule has 2 aromatic rings. The van der Waals surface area contributed by atoms with Gasteiger partial charge in [0.05, 0.1) is 0 Å². The summed E-state index contributed by atoms with van der Waals surface area (Å²) in [5.41, 5.74) is -0.112. The van der Waals surface area contributed by atoms with Crippen LogP contribution in [-0.2, 0) is 4.79 Å². The molecule has 128 valence electrons. The molecule has 1 aromatic heterocycles. The molecule has 1 aromatic carbocycles. The van der Waals surface area contributed by atoms with Gasteiger partial charge in [-0.1, -0.05) is 19.4 Å². The minimum atomic E-state index is -1.15. The molecule has 1 unspecified atom stereocenters. The first-order valence-corrected chi connectivity index (χ1v) is 7.39. The first-order valence-electron chi connectivity index (χ1n) is 7.39. The molecule has 0 saturated carbocycles. The van der Waals surface area contributed by atoms with Crippen molar-refractivity contribution in [2.75, 3.05) is 0 Å². The SMILES string of the molecule is CCCC(NC(=O)c1nn(-c2c(F)cccc2F)cc1C)C(=O)O. The third-order valence-corrected chi connectivity index (χ3v) is 3.46. The summed E-state index contributed by atoms with van der Waals surface area (Å²) in [7, 11) is 0. The summed E-state index contributed by atoms with van der Waals surface area (Å²) in [6.45, 7) is 3.34. The van der Waals surface area contributed by atoms with Gasteiger partial charge in [0, 0.05) is 11.8 Å². The first kappa shape index (κ1) is 17.6. The standard InChI is InChI=1S/C16H17F2N3O3/c1-3-5-12(16(23)24)19-15(22)13-9(2)8-21(20-13)14-10(17)6-4-7-11(14)18/h4,6-8,12H,3,5H2,1-2H3,(H,19,22)(H,23,24). The van der Waals surface area contributed by atoms with Crippen LogP contribution in [0.4, 0.5) is 8.78 Å². The summed E-state index contributed by atoms with van der Waals surface area (Å²) in [6, 6.07) is 2.34. The van der Waals surface area contributed by atoms with Crippen LogP contribution in [-0.4, -0.2) is 32.8 Å². The number of aromatic nitrogens is 2. The van der Waals surface area contributed by atoms with Crippen LogP contribution in [0, 0.1) is 18.6 Å². The number of aliphatic carboxylic acids is 1. The molecular formula is C16H17F2N3O3. The number of benzene rings is 1. The fourth-order valence-electron chi connectivity index (χ4n) is 2.28. The predicted molar refractivity (Wildman–Crippen MR) is 82.0 cm³/mol. The topological polar surface area (TPSA) is 84.2 Å². The molecule has 2 rings (SSSR count). The smallest absolute Gasteiger partial charge is 0.326 e. The fourth-order valence-corrected chi connectivity index (χ4v) is 2.28. The van der Waals surface area contributed by atoms with E-state index in [9.17, 15) is 18.4 Å². The van der Waals surface area contributed by atoms with Crippen LogP contribution in [0.3, 0.4) is 0 Å². The summed E-state index contributed by atoms with van der Waals surface area (Å²) in [6.07, 6.45) is 2.15. The molecule has 1 heterocycles. The van der Waals surface area contributed by atoms with Gasteiger partial charge in [-0.2, -0.15) is 5.10 Å². The number of nitrogens with zero attached hydrogens (tertiary/aromatic N) is 2. The van der Waals surface area contributed by atoms with Gasteiger partial charge in [0.1, 0.15) is 11.7 Å². The highest BCUT2D eigenvalue weighted by Crippen LogP contribution is 2.18. The molecular weight excluding hydrogens is 320 g/mol. The Bertz CT molecular complexity index is 754. The van der Waals surface area contributed by atoms with Crippen molar-refractivity contribution in [1.82, 2.24) is 15.1 Å². The van der Waals surface area contributed by atoms with E-state index < -0.39 is 35.2 Å². The predicted octanol–water partition coefficient (Wildman–Crippen LogP) is 2.44. The fraction of sp³-hybridized carbons (Fsp3) is 0.312. The third-order valence-electron chi connectivity index (χ3n) is 3.46. The van der Waals surface area contributed by atoms with E-state index in [1.54, 1.807) is 13.8 Å². The Hall–Kier alpha value is -2.77. The van der Waals surface area contributed by atoms with Crippen LogP contribution < -0.4 is 5.32 Å². The molecule has 1 atom stereocenters. The number of rotatable bonds is 6. The monoisotopic (exact) mass is 337 g/mol. The van der Waals surface area contributed by atoms with E-state index in [0.29, 0.717) is 12.0 Å². The van der Waals surface area contributed by atoms with E-state index in [1.165, 1.54) is 12.3 Å². The Morgan fingerprint density at radius 1 is 1.33 bits per heavy atom. The number of aryl methyl sites for hydroxylation is 1. The van der Waals surface area contributed by atoms with Gasteiger partial charge in [-0.25, -0.2) is 18.3 Å². The average molecular weight is 337 g/mol. The number of amides is 1. The van der Waals surface area contributed by atoms with Crippen LogP contribution >= 0.6 is 0 Å². The molecule has 0 bridgehead atoms. The Kier molecular flexibility index (Phi) is 5.28. The maximum Gasteiger partial charge on any atom is 0.326 e. The number of carbonyl (C=O) groups excluding carboxylic acids is 1. The van der Waals surface area contributed by atoms with Crippen molar-refractivity contribution in [1.29, 1.82) is 0 Å². The van der Waals surface area contributed by atoms with Gasteiger partial charge in [0.15, 0.2) is 17.3 Å². The van der Waals surface area contributed by atoms with Crippen molar-refractivity contribution >= 4 is 11.9 Å². The van der Waals surface area contributed by atoms with E-state index in [4.69, 9.17) is 5.11 Å². The molecule has 8 heteroatoms. The lowest BCUT2D eigenvalue weighted by molar-refractivity contribution is -0.139. The van der Waals surface area contributed by atoms with Crippen molar-refractivity contribution in [2.45, 2.75) is 32.7 Å². The number of carboxylic acids is 1. The van der Waals surface area contributed by atoms with Crippen molar-refractivity contribution in [3.63, 3.8) is 0 Å². The summed E-state index contributed by atoms with van der Waals surface area (Å²) in [4.78, 5) is 23.3. The summed E-state index contributed by atoms with van der Waals surface area (Å²) in [5, 5.41) is 15.4. The molecule has 0 fully saturated rings. The molecule has 0 saturated heterocycles. The second kappa shape index (κ2) is 7.20. The minimum Gasteiger partial charge on any atom is -0.480 e. The zero-order valence-electron chi connectivity index (χ0n) is 13.2. The lowest BCUT2D eigenvalue weighted by Crippen LogP contribution is -2.41. The molecule has 0 spiro atoms. The molecule has 2 N–H and O–H groups in total. The van der Waals surface area contributed by atoms with Crippen LogP contribution in [0.15, 0.2) is 24.4 Å². The number of para-hydroxylation sites is 1. The number of hydrogen-bond acceptors (Lipinski definition) is 3. The quantitative estimate of drug-likeness (QED) is 0.848. The maximum atomic E-state index is 13.8. The molecule has 0 aliphatic carbocycles. The number of carbonyl (C=O) groups is 2. The van der Waals surface area contributed by atoms with Gasteiger partial charge in [-0.05, 0) is 25.5 Å². The minimum absolute atomic E-state index is 0.0833. The van der Waals surface area contributed by atoms with Crippen molar-refractivity contribution in [2.24, 2.45) is 0 Å². The second-order valence-corrected chi connectivity index (χ2v) is 5.33. The normalized spacial score (nSPS) is 12.0. The van der Waals surface area contributed by atoms with E-state index in [0.717, 1.165) is 16.8 Å². The lowest BCUT2D eigenvalue weighted by atomic mass is 10.1. The van der Waals surface area contributed by atoms with Crippen LogP contribution in [0.1, 0.15) is 35.8 Å². The van der Waals surface area contributed by atoms with Gasteiger partial charge in [-0.15, -0.1) is 0 Å². The highest BCUT2D eigenvalue weighted by atomic mass is 19.1. The molecule has 0 aliphatic rings. The third kappa shape index (κ3) is 3.58. The number of carboxylic acid groups (broad SMARTS) is 1. The number of hydrogen-bond donors (Lipinski definition) is 2. The maximum absolute atomic E-state index is 13.8. The zero-order chi connectivity index (χ0) is 17.9. The Balaban J connectivity index is 2.32. The summed E-state index contributed by atoms with van der Waals surface area (Å²) < 4.78 is 28.6. The molecule has 0 aliphatic heterocycles. The van der Waals surface area contributed by atoms with E-state index in [2.05, 4.69) is 10.4 Å². The van der Waals surface area contributed by atoms with Crippen molar-refractivity contribution in [3.05, 3.63) is 47.3 Å². The molecule has 0 radical (unpaired) electrons. The number of nitrogens with one attached hydrogen (secondary N) is 1. The van der Waals surface area contributed by atoms with Gasteiger partial charge in [0.2, 0.25) is 0 Å². The van der Waals surface area contributed by atoms with Crippen LogP contribution in [0.5, 0.6) is 0 Å². The number of halogens is 2. The Labute approximate surface area is 137 Å². The highest BCUT2D eigenvalue weighted by molar-refractivity contribution is 5.96.